The molecule has 0 heterocycles. The summed E-state index contributed by atoms with van der Waals surface area (Å²) in [6.07, 6.45) is 9.00. The Hall–Kier alpha value is -0.980. The lowest BCUT2D eigenvalue weighted by atomic mass is 10.0. The van der Waals surface area contributed by atoms with Crippen LogP contribution in [-0.2, 0) is 0 Å². The van der Waals surface area contributed by atoms with Crippen molar-refractivity contribution in [2.24, 2.45) is 0 Å². The second-order valence-corrected chi connectivity index (χ2v) is 3.43. The average molecular weight is 177 g/mol. The molecule has 72 valence electrons. The molecular formula is C12H17O-. The van der Waals surface area contributed by atoms with Crippen molar-refractivity contribution in [3.05, 3.63) is 30.3 Å². The Bertz CT molecular complexity index is 190. The molecule has 1 aromatic carbocycles. The Morgan fingerprint density at radius 2 is 1.08 bits per heavy atom. The van der Waals surface area contributed by atoms with Crippen molar-refractivity contribution >= 4 is 0 Å². The number of hydrogen-bond donors (Lipinski definition) is 0. The van der Waals surface area contributed by atoms with Gasteiger partial charge in [0.2, 0.25) is 0 Å². The van der Waals surface area contributed by atoms with Crippen LogP contribution in [0.15, 0.2) is 30.3 Å². The third kappa shape index (κ3) is 5.29. The second-order valence-electron chi connectivity index (χ2n) is 3.43. The average Bonchev–Trinajstić information content (AvgIpc) is 2.22. The molecule has 2 rings (SSSR count). The van der Waals surface area contributed by atoms with Crippen molar-refractivity contribution in [2.75, 3.05) is 0 Å². The lowest BCUT2D eigenvalue weighted by Crippen LogP contribution is -1.85. The van der Waals surface area contributed by atoms with Gasteiger partial charge in [0.1, 0.15) is 0 Å². The monoisotopic (exact) mass is 177 g/mol. The molecule has 1 saturated carbocycles. The second kappa shape index (κ2) is 6.53. The van der Waals surface area contributed by atoms with E-state index in [1.807, 2.05) is 6.07 Å². The topological polar surface area (TPSA) is 23.1 Å². The van der Waals surface area contributed by atoms with Gasteiger partial charge in [-0.25, -0.2) is 0 Å². The van der Waals surface area contributed by atoms with Crippen LogP contribution in [0.2, 0.25) is 0 Å². The van der Waals surface area contributed by atoms with E-state index in [0.717, 1.165) is 0 Å². The van der Waals surface area contributed by atoms with Crippen molar-refractivity contribution < 1.29 is 5.11 Å². The minimum absolute atomic E-state index is 0.0718. The first kappa shape index (κ1) is 10.1. The SMILES string of the molecule is C1CCCCC1.[O-]c1ccccc1. The molecule has 0 aliphatic heterocycles. The summed E-state index contributed by atoms with van der Waals surface area (Å²) in [7, 11) is 0. The van der Waals surface area contributed by atoms with Crippen molar-refractivity contribution in [2.45, 2.75) is 38.5 Å². The number of para-hydroxylation sites is 1. The van der Waals surface area contributed by atoms with E-state index in [4.69, 9.17) is 0 Å². The lowest BCUT2D eigenvalue weighted by molar-refractivity contribution is -0.268. The molecule has 1 aliphatic carbocycles. The maximum atomic E-state index is 10.3. The number of rotatable bonds is 0. The first-order valence-electron chi connectivity index (χ1n) is 5.11. The summed E-state index contributed by atoms with van der Waals surface area (Å²) in [5.74, 6) is 0.0718. The standard InChI is InChI=1S/C6H6O.C6H12/c7-6-4-2-1-3-5-6;1-2-4-6-5-3-1/h1-5,7H;1-6H2/p-1. The molecule has 0 amide bonds. The van der Waals surface area contributed by atoms with Gasteiger partial charge in [0.25, 0.3) is 0 Å². The highest BCUT2D eigenvalue weighted by Gasteiger charge is 1.95. The predicted octanol–water partition coefficient (Wildman–Crippen LogP) is 3.10. The van der Waals surface area contributed by atoms with Crippen molar-refractivity contribution in [3.8, 4) is 5.75 Å². The normalized spacial score (nSPS) is 15.7. The summed E-state index contributed by atoms with van der Waals surface area (Å²) in [4.78, 5) is 0. The Morgan fingerprint density at radius 3 is 1.31 bits per heavy atom. The van der Waals surface area contributed by atoms with Gasteiger partial charge < -0.3 is 5.11 Å². The van der Waals surface area contributed by atoms with Crippen molar-refractivity contribution in [1.82, 2.24) is 0 Å². The lowest BCUT2D eigenvalue weighted by Gasteiger charge is -2.05. The van der Waals surface area contributed by atoms with E-state index < -0.39 is 0 Å². The third-order valence-corrected chi connectivity index (χ3v) is 2.24. The molecule has 1 aliphatic rings. The fourth-order valence-corrected chi connectivity index (χ4v) is 1.48. The van der Waals surface area contributed by atoms with Crippen LogP contribution in [0.25, 0.3) is 0 Å². The Balaban J connectivity index is 0.000000132. The van der Waals surface area contributed by atoms with Crippen LogP contribution in [0, 0.1) is 0 Å². The van der Waals surface area contributed by atoms with E-state index in [-0.39, 0.29) is 5.75 Å². The Kier molecular flexibility index (Phi) is 5.07. The summed E-state index contributed by atoms with van der Waals surface area (Å²) < 4.78 is 0. The number of hydrogen-bond acceptors (Lipinski definition) is 1. The molecule has 0 radical (unpaired) electrons. The smallest absolute Gasteiger partial charge is 0.0533 e. The Morgan fingerprint density at radius 1 is 0.692 bits per heavy atom. The van der Waals surface area contributed by atoms with Gasteiger partial charge in [0.05, 0.1) is 0 Å². The first-order valence-corrected chi connectivity index (χ1v) is 5.11. The molecule has 0 N–H and O–H groups in total. The highest BCUT2D eigenvalue weighted by atomic mass is 16.3. The molecule has 1 aromatic rings. The van der Waals surface area contributed by atoms with E-state index in [2.05, 4.69) is 0 Å². The minimum Gasteiger partial charge on any atom is -0.872 e. The van der Waals surface area contributed by atoms with E-state index in [9.17, 15) is 5.11 Å². The maximum absolute atomic E-state index is 10.3. The molecule has 0 bridgehead atoms. The molecular weight excluding hydrogens is 160 g/mol. The fraction of sp³-hybridized carbons (Fsp3) is 0.500. The van der Waals surface area contributed by atoms with Crippen LogP contribution in [0.5, 0.6) is 5.75 Å². The van der Waals surface area contributed by atoms with E-state index in [1.165, 1.54) is 50.7 Å². The molecule has 0 spiro atoms. The molecule has 1 heteroatoms. The van der Waals surface area contributed by atoms with Crippen LogP contribution in [0.3, 0.4) is 0 Å². The maximum Gasteiger partial charge on any atom is -0.0533 e. The van der Waals surface area contributed by atoms with Gasteiger partial charge in [0, 0.05) is 0 Å². The molecule has 0 aromatic heterocycles. The van der Waals surface area contributed by atoms with E-state index >= 15 is 0 Å². The van der Waals surface area contributed by atoms with Gasteiger partial charge in [-0.15, -0.1) is 5.75 Å². The predicted molar refractivity (Wildman–Crippen MR) is 53.6 cm³/mol. The van der Waals surface area contributed by atoms with Gasteiger partial charge in [-0.3, -0.25) is 0 Å². The largest absolute Gasteiger partial charge is 0.872 e. The molecule has 13 heavy (non-hydrogen) atoms. The fourth-order valence-electron chi connectivity index (χ4n) is 1.48. The van der Waals surface area contributed by atoms with Crippen LogP contribution in [0.4, 0.5) is 0 Å². The summed E-state index contributed by atoms with van der Waals surface area (Å²) in [5, 5.41) is 10.3. The van der Waals surface area contributed by atoms with Crippen LogP contribution >= 0.6 is 0 Å². The zero-order chi connectivity index (χ0) is 9.36. The van der Waals surface area contributed by atoms with Gasteiger partial charge in [0.15, 0.2) is 0 Å². The van der Waals surface area contributed by atoms with Crippen LogP contribution < -0.4 is 5.11 Å². The quantitative estimate of drug-likeness (QED) is 0.597. The summed E-state index contributed by atoms with van der Waals surface area (Å²) in [6, 6.07) is 8.33. The molecule has 0 atom stereocenters. The number of benzene rings is 1. The molecule has 0 saturated heterocycles. The first-order chi connectivity index (χ1) is 6.39. The van der Waals surface area contributed by atoms with Crippen LogP contribution in [-0.4, -0.2) is 0 Å². The van der Waals surface area contributed by atoms with Crippen molar-refractivity contribution in [1.29, 1.82) is 0 Å². The zero-order valence-electron chi connectivity index (χ0n) is 8.04. The van der Waals surface area contributed by atoms with Gasteiger partial charge in [-0.2, -0.15) is 0 Å². The molecule has 1 nitrogen and oxygen atoms in total. The van der Waals surface area contributed by atoms with E-state index in [1.54, 1.807) is 12.1 Å². The highest BCUT2D eigenvalue weighted by Crippen LogP contribution is 2.15. The molecule has 0 unspecified atom stereocenters. The van der Waals surface area contributed by atoms with Crippen LogP contribution in [0.1, 0.15) is 38.5 Å². The highest BCUT2D eigenvalue weighted by molar-refractivity contribution is 5.17. The molecule has 1 fully saturated rings. The van der Waals surface area contributed by atoms with Gasteiger partial charge in [-0.05, 0) is 0 Å². The minimum atomic E-state index is 0.0718. The Labute approximate surface area is 80.4 Å². The van der Waals surface area contributed by atoms with Gasteiger partial charge in [-0.1, -0.05) is 68.9 Å². The summed E-state index contributed by atoms with van der Waals surface area (Å²) in [6.45, 7) is 0. The third-order valence-electron chi connectivity index (χ3n) is 2.24. The van der Waals surface area contributed by atoms with Gasteiger partial charge >= 0.3 is 0 Å². The summed E-state index contributed by atoms with van der Waals surface area (Å²) in [5.41, 5.74) is 0. The summed E-state index contributed by atoms with van der Waals surface area (Å²) >= 11 is 0. The zero-order valence-corrected chi connectivity index (χ0v) is 8.04. The van der Waals surface area contributed by atoms with E-state index in [0.29, 0.717) is 0 Å². The van der Waals surface area contributed by atoms with Crippen molar-refractivity contribution in [3.63, 3.8) is 0 Å².